The minimum Gasteiger partial charge on any atom is -0.377 e. The average molecular weight is 1830 g/mol. The molecule has 0 saturated carbocycles. The van der Waals surface area contributed by atoms with Crippen molar-refractivity contribution in [3.63, 3.8) is 0 Å². The molecule has 131 heavy (non-hydrogen) atoms. The summed E-state index contributed by atoms with van der Waals surface area (Å²) in [5, 5.41) is 30.9. The summed E-state index contributed by atoms with van der Waals surface area (Å²) < 4.78 is 96.0. The SMILES string of the molecule is Cc1ccc2c(c1)C(C)(C)C(=CC=CC=CC=CC1=[N+](CCCCCC(=O)NCCCN=[N+]=[N-])c3ccc(S(=O)(=O)O)cc3C1(C)C)N2CCOCCOCc1ccc([N+](=O)[O-])cc1.Cc1ccc2c(c1)C(C)(C)C(=CC=CC=CC=CC1=[N+](CCCCCC(=O)NCCN3C(=O)C=CC3=O)c3ccc(S(=O)(=O)O)cc3C1(C)C)N2CCOCCOCc1ccc([N+](=O)[O-])cc1. The predicted molar refractivity (Wildman–Crippen MR) is 507 cm³/mol. The van der Waals surface area contributed by atoms with E-state index in [0.717, 1.165) is 98.4 Å². The van der Waals surface area contributed by atoms with E-state index in [9.17, 15) is 65.3 Å². The van der Waals surface area contributed by atoms with Crippen LogP contribution in [0.4, 0.5) is 34.1 Å². The predicted octanol–water partition coefficient (Wildman–Crippen LogP) is 17.2. The van der Waals surface area contributed by atoms with E-state index in [1.54, 1.807) is 42.5 Å². The van der Waals surface area contributed by atoms with Crippen LogP contribution in [0, 0.1) is 34.1 Å². The Morgan fingerprint density at radius 2 is 0.870 bits per heavy atom. The normalized spacial score (nSPS) is 16.5. The first kappa shape index (κ1) is 101. The average Bonchev–Trinajstić information content (AvgIpc) is 1.59. The first-order valence-corrected chi connectivity index (χ1v) is 46.9. The van der Waals surface area contributed by atoms with Gasteiger partial charge in [-0.3, -0.25) is 53.4 Å². The van der Waals surface area contributed by atoms with Gasteiger partial charge in [-0.15, -0.1) is 0 Å². The molecule has 6 aromatic carbocycles. The number of anilines is 2. The van der Waals surface area contributed by atoms with Crippen molar-refractivity contribution in [2.24, 2.45) is 5.11 Å². The van der Waals surface area contributed by atoms with Gasteiger partial charge < -0.3 is 39.4 Å². The zero-order valence-electron chi connectivity index (χ0n) is 76.2. The molecular formula is C99H120N12O18S2+2. The summed E-state index contributed by atoms with van der Waals surface area (Å²) in [6, 6.07) is 35.1. The van der Waals surface area contributed by atoms with Crippen molar-refractivity contribution in [1.29, 1.82) is 0 Å². The maximum absolute atomic E-state index is 12.5. The molecule has 5 heterocycles. The number of hydrogen-bond acceptors (Lipinski definition) is 19. The van der Waals surface area contributed by atoms with Crippen LogP contribution < -0.4 is 20.4 Å². The number of azide groups is 1. The minimum atomic E-state index is -4.42. The Morgan fingerprint density at radius 1 is 0.473 bits per heavy atom. The third kappa shape index (κ3) is 27.0. The summed E-state index contributed by atoms with van der Waals surface area (Å²) in [5.41, 5.74) is 23.2. The third-order valence-corrected chi connectivity index (χ3v) is 25.5. The molecule has 32 heteroatoms. The number of carbonyl (C=O) groups excluding carboxylic acids is 4. The number of nitro groups is 2. The van der Waals surface area contributed by atoms with Gasteiger partial charge in [-0.1, -0.05) is 129 Å². The number of amides is 4. The van der Waals surface area contributed by atoms with Crippen LogP contribution in [0.1, 0.15) is 158 Å². The number of allylic oxidation sites excluding steroid dienone is 16. The van der Waals surface area contributed by atoms with Crippen LogP contribution in [0.15, 0.2) is 245 Å². The third-order valence-electron chi connectivity index (χ3n) is 23.8. The van der Waals surface area contributed by atoms with Crippen molar-refractivity contribution in [3.05, 3.63) is 305 Å². The fourth-order valence-corrected chi connectivity index (χ4v) is 17.7. The van der Waals surface area contributed by atoms with Gasteiger partial charge in [-0.2, -0.15) is 26.0 Å². The smallest absolute Gasteiger partial charge is 0.294 e. The van der Waals surface area contributed by atoms with Crippen LogP contribution >= 0.6 is 0 Å². The van der Waals surface area contributed by atoms with E-state index in [1.807, 2.05) is 101 Å². The number of ether oxygens (including phenoxy) is 4. The molecule has 5 aliphatic heterocycles. The number of rotatable bonds is 47. The van der Waals surface area contributed by atoms with Crippen molar-refractivity contribution in [2.75, 3.05) is 102 Å². The van der Waals surface area contributed by atoms with Crippen LogP contribution in [0.3, 0.4) is 0 Å². The number of benzene rings is 6. The Bertz CT molecular complexity index is 5820. The Labute approximate surface area is 767 Å². The number of nitro benzene ring substituents is 2. The first-order valence-electron chi connectivity index (χ1n) is 44.1. The summed E-state index contributed by atoms with van der Waals surface area (Å²) >= 11 is 0. The number of non-ortho nitro benzene ring substituents is 2. The van der Waals surface area contributed by atoms with E-state index in [1.165, 1.54) is 76.9 Å². The molecule has 0 bridgehead atoms. The molecule has 0 spiro atoms. The molecule has 0 aliphatic carbocycles. The molecule has 4 N–H and O–H groups in total. The first-order chi connectivity index (χ1) is 62.4. The highest BCUT2D eigenvalue weighted by atomic mass is 32.2. The van der Waals surface area contributed by atoms with Crippen LogP contribution in [0.25, 0.3) is 10.4 Å². The second kappa shape index (κ2) is 46.5. The lowest BCUT2D eigenvalue weighted by Gasteiger charge is -2.27. The number of imide groups is 1. The molecule has 694 valence electrons. The molecular weight excluding hydrogens is 1710 g/mol. The van der Waals surface area contributed by atoms with E-state index < -0.39 is 40.9 Å². The van der Waals surface area contributed by atoms with E-state index in [-0.39, 0.29) is 68.7 Å². The quantitative estimate of drug-likeness (QED) is 0.00263. The van der Waals surface area contributed by atoms with Gasteiger partial charge in [-0.05, 0) is 174 Å². The maximum atomic E-state index is 12.5. The summed E-state index contributed by atoms with van der Waals surface area (Å²) in [7, 11) is -8.81. The highest BCUT2D eigenvalue weighted by Gasteiger charge is 2.47. The Hall–Kier alpha value is -12.2. The molecule has 0 unspecified atom stereocenters. The molecule has 6 aromatic rings. The van der Waals surface area contributed by atoms with Crippen LogP contribution in [0.5, 0.6) is 0 Å². The summed E-state index contributed by atoms with van der Waals surface area (Å²) in [4.78, 5) is 77.3. The standard InChI is InChI=1S/C51H59N5O10S.C48H59N7O8S/c1-37-17-23-43-41(34-37)50(2,3)46(54(43)30-31-65-32-33-66-36-38-18-20-39(21-19-38)56(60)61)15-11-8-6-7-10-14-45-51(4,5)42-35-40(67(62,63)64)22-24-44(42)53(45)28-13-9-12-16-47(57)52-27-29-55-48(58)25-26-49(55)59;1-36-18-24-42-40(33-36)47(2,3)45(54(42)29-30-62-31-32-63-35-37-19-21-38(22-20-37)55(57)58)16-11-8-6-7-10-15-44-48(4,5)41-34-39(64(59,60)61)23-25-43(41)53(44)28-13-9-12-17-46(56)50-26-14-27-51-52-49/h6-8,10-11,14-15,17-26,34-35H,9,12-13,16,27-33,36H2,1-5H3,(H-,52,57,62,63,64);6-8,10-11,15-16,18-25,33-34H,9,12-14,17,26-32,35H2,1-5H3,(H-,50,56,59,60,61)/p+2. The molecule has 0 atom stereocenters. The Balaban J connectivity index is 0.000000272. The maximum Gasteiger partial charge on any atom is 0.294 e. The van der Waals surface area contributed by atoms with Crippen molar-refractivity contribution < 1.29 is 83.1 Å². The molecule has 0 aromatic heterocycles. The van der Waals surface area contributed by atoms with Gasteiger partial charge in [-0.25, -0.2) is 0 Å². The topological polar surface area (TPSA) is 389 Å². The Kier molecular flexibility index (Phi) is 35.8. The molecule has 0 radical (unpaired) electrons. The lowest BCUT2D eigenvalue weighted by Crippen LogP contribution is -2.38. The van der Waals surface area contributed by atoms with Gasteiger partial charge in [0.1, 0.15) is 13.1 Å². The van der Waals surface area contributed by atoms with Gasteiger partial charge in [0.25, 0.3) is 43.4 Å². The lowest BCUT2D eigenvalue weighted by atomic mass is 9.81. The number of unbranched alkanes of at least 4 members (excludes halogenated alkanes) is 4. The second-order valence-corrected chi connectivity index (χ2v) is 37.4. The molecule has 4 amide bonds. The van der Waals surface area contributed by atoms with Crippen LogP contribution in [0.2, 0.25) is 0 Å². The number of aryl methyl sites for hydroxylation is 2. The number of hydrogen-bond donors (Lipinski definition) is 4. The van der Waals surface area contributed by atoms with Gasteiger partial charge in [0, 0.05) is 175 Å². The van der Waals surface area contributed by atoms with Crippen molar-refractivity contribution in [1.82, 2.24) is 15.5 Å². The van der Waals surface area contributed by atoms with Crippen LogP contribution in [-0.4, -0.2) is 177 Å². The molecule has 0 fully saturated rings. The molecule has 5 aliphatic rings. The second-order valence-electron chi connectivity index (χ2n) is 34.6. The zero-order valence-corrected chi connectivity index (χ0v) is 77.8. The highest BCUT2D eigenvalue weighted by molar-refractivity contribution is 7.86. The number of nitrogens with zero attached hydrogens (tertiary/aromatic N) is 10. The highest BCUT2D eigenvalue weighted by Crippen LogP contribution is 2.50. The zero-order chi connectivity index (χ0) is 94.7. The molecule has 30 nitrogen and oxygen atoms in total. The van der Waals surface area contributed by atoms with Crippen LogP contribution in [-0.2, 0) is 93.2 Å². The van der Waals surface area contributed by atoms with E-state index in [0.29, 0.717) is 124 Å². The van der Waals surface area contributed by atoms with Gasteiger partial charge in [0.2, 0.25) is 23.2 Å². The van der Waals surface area contributed by atoms with Gasteiger partial charge in [0.05, 0.1) is 83.3 Å². The van der Waals surface area contributed by atoms with E-state index in [4.69, 9.17) is 24.5 Å². The summed E-state index contributed by atoms with van der Waals surface area (Å²) in [5.74, 6) is -0.957. The monoisotopic (exact) mass is 1830 g/mol. The number of carbonyl (C=O) groups is 4. The summed E-state index contributed by atoms with van der Waals surface area (Å²) in [6.45, 7) is 28.2. The minimum absolute atomic E-state index is 0.0352. The lowest BCUT2D eigenvalue weighted by molar-refractivity contribution is -0.438. The summed E-state index contributed by atoms with van der Waals surface area (Å²) in [6.07, 6.45) is 36.3. The fourth-order valence-electron chi connectivity index (χ4n) is 16.7. The Morgan fingerprint density at radius 3 is 1.27 bits per heavy atom. The van der Waals surface area contributed by atoms with E-state index in [2.05, 4.69) is 130 Å². The molecule has 0 saturated heterocycles. The van der Waals surface area contributed by atoms with Gasteiger partial charge >= 0.3 is 0 Å². The number of nitrogens with one attached hydrogen (secondary N) is 2. The van der Waals surface area contributed by atoms with Crippen molar-refractivity contribution in [2.45, 2.75) is 172 Å². The largest absolute Gasteiger partial charge is 0.377 e. The fraction of sp³-hybridized carbons (Fsp3) is 0.394. The van der Waals surface area contributed by atoms with Crippen molar-refractivity contribution >= 4 is 89.4 Å². The van der Waals surface area contributed by atoms with Gasteiger partial charge in [0.15, 0.2) is 11.4 Å². The van der Waals surface area contributed by atoms with Crippen molar-refractivity contribution in [3.8, 4) is 0 Å². The molecule has 11 rings (SSSR count). The van der Waals surface area contributed by atoms with E-state index >= 15 is 0 Å². The number of fused-ring (bicyclic) bond motifs is 4.